The molecule has 0 radical (unpaired) electrons. The predicted octanol–water partition coefficient (Wildman–Crippen LogP) is 3.56. The van der Waals surface area contributed by atoms with Crippen molar-refractivity contribution in [2.45, 2.75) is 4.90 Å². The van der Waals surface area contributed by atoms with Crippen molar-refractivity contribution in [3.63, 3.8) is 0 Å². The number of sulfonamides is 1. The first-order valence-electron chi connectivity index (χ1n) is 4.85. The van der Waals surface area contributed by atoms with E-state index in [1.54, 1.807) is 12.1 Å². The number of hydrogen-bond donors (Lipinski definition) is 1. The molecule has 100 valence electrons. The standard InChI is InChI=1S/C10H6Br3N3O2S/c11-6-2-1-3-7(4-6)19(17,18)16-10-9(13)15-8(12)5-14-10/h1-5H,(H,14,16). The van der Waals surface area contributed by atoms with Crippen LogP contribution in [0.3, 0.4) is 0 Å². The molecule has 0 aliphatic rings. The second kappa shape index (κ2) is 5.86. The lowest BCUT2D eigenvalue weighted by Gasteiger charge is -2.08. The highest BCUT2D eigenvalue weighted by Gasteiger charge is 2.17. The first-order chi connectivity index (χ1) is 8.88. The molecule has 0 fully saturated rings. The van der Waals surface area contributed by atoms with Crippen molar-refractivity contribution >= 4 is 63.6 Å². The highest BCUT2D eigenvalue weighted by molar-refractivity contribution is 9.11. The molecule has 0 bridgehead atoms. The molecular formula is C10H6Br3N3O2S. The Kier molecular flexibility index (Phi) is 4.59. The Balaban J connectivity index is 2.36. The zero-order valence-corrected chi connectivity index (χ0v) is 14.7. The smallest absolute Gasteiger partial charge is 0.261 e. The lowest BCUT2D eigenvalue weighted by Crippen LogP contribution is -2.14. The number of hydrogen-bond acceptors (Lipinski definition) is 4. The van der Waals surface area contributed by atoms with Crippen molar-refractivity contribution in [1.82, 2.24) is 9.97 Å². The van der Waals surface area contributed by atoms with Crippen LogP contribution in [0.15, 0.2) is 49.0 Å². The van der Waals surface area contributed by atoms with Crippen LogP contribution in [-0.2, 0) is 10.0 Å². The molecule has 0 aliphatic carbocycles. The normalized spacial score (nSPS) is 11.3. The molecule has 0 amide bonds. The van der Waals surface area contributed by atoms with Gasteiger partial charge in [0.2, 0.25) is 0 Å². The monoisotopic (exact) mass is 469 g/mol. The van der Waals surface area contributed by atoms with E-state index in [9.17, 15) is 8.42 Å². The molecule has 5 nitrogen and oxygen atoms in total. The minimum Gasteiger partial charge on any atom is -0.261 e. The fraction of sp³-hybridized carbons (Fsp3) is 0. The van der Waals surface area contributed by atoms with Gasteiger partial charge in [-0.15, -0.1) is 0 Å². The van der Waals surface area contributed by atoms with Crippen LogP contribution in [0.5, 0.6) is 0 Å². The highest BCUT2D eigenvalue weighted by atomic mass is 79.9. The van der Waals surface area contributed by atoms with Crippen LogP contribution < -0.4 is 4.72 Å². The third kappa shape index (κ3) is 3.74. The van der Waals surface area contributed by atoms with Crippen LogP contribution in [0.4, 0.5) is 5.82 Å². The minimum atomic E-state index is -3.70. The fourth-order valence-corrected chi connectivity index (χ4v) is 3.89. The summed E-state index contributed by atoms with van der Waals surface area (Å²) in [6.07, 6.45) is 1.41. The molecule has 0 aliphatic heterocycles. The second-order valence-corrected chi connectivity index (χ2v) is 7.56. The van der Waals surface area contributed by atoms with E-state index in [0.29, 0.717) is 13.7 Å². The maximum atomic E-state index is 12.2. The summed E-state index contributed by atoms with van der Waals surface area (Å²) in [5, 5.41) is 0. The Morgan fingerprint density at radius 1 is 1.16 bits per heavy atom. The summed E-state index contributed by atoms with van der Waals surface area (Å²) in [5.41, 5.74) is 0. The molecule has 2 aromatic rings. The topological polar surface area (TPSA) is 72.0 Å². The number of nitrogens with zero attached hydrogens (tertiary/aromatic N) is 2. The van der Waals surface area contributed by atoms with Crippen LogP contribution in [0.2, 0.25) is 0 Å². The van der Waals surface area contributed by atoms with E-state index in [1.807, 2.05) is 0 Å². The molecule has 1 N–H and O–H groups in total. The van der Waals surface area contributed by atoms with Crippen LogP contribution in [0, 0.1) is 0 Å². The van der Waals surface area contributed by atoms with E-state index in [1.165, 1.54) is 18.3 Å². The molecule has 1 aromatic heterocycles. The number of halogens is 3. The summed E-state index contributed by atoms with van der Waals surface area (Å²) in [4.78, 5) is 8.09. The van der Waals surface area contributed by atoms with E-state index in [0.717, 1.165) is 0 Å². The Hall–Kier alpha value is -0.510. The summed E-state index contributed by atoms with van der Waals surface area (Å²) < 4.78 is 28.2. The predicted molar refractivity (Wildman–Crippen MR) is 82.4 cm³/mol. The number of benzene rings is 1. The van der Waals surface area contributed by atoms with E-state index in [2.05, 4.69) is 62.5 Å². The molecule has 0 unspecified atom stereocenters. The molecule has 0 saturated heterocycles. The fourth-order valence-electron chi connectivity index (χ4n) is 1.24. The Morgan fingerprint density at radius 2 is 1.89 bits per heavy atom. The number of rotatable bonds is 3. The van der Waals surface area contributed by atoms with Gasteiger partial charge in [0.15, 0.2) is 10.4 Å². The third-order valence-electron chi connectivity index (χ3n) is 2.04. The minimum absolute atomic E-state index is 0.128. The van der Waals surface area contributed by atoms with Crippen molar-refractivity contribution in [2.24, 2.45) is 0 Å². The van der Waals surface area contributed by atoms with Gasteiger partial charge < -0.3 is 0 Å². The van der Waals surface area contributed by atoms with Gasteiger partial charge in [-0.1, -0.05) is 22.0 Å². The first-order valence-corrected chi connectivity index (χ1v) is 8.71. The summed E-state index contributed by atoms with van der Waals surface area (Å²) in [6.45, 7) is 0. The van der Waals surface area contributed by atoms with Crippen molar-refractivity contribution in [3.8, 4) is 0 Å². The van der Waals surface area contributed by atoms with E-state index < -0.39 is 10.0 Å². The van der Waals surface area contributed by atoms with Crippen molar-refractivity contribution in [2.75, 3.05) is 4.72 Å². The van der Waals surface area contributed by atoms with E-state index in [-0.39, 0.29) is 10.7 Å². The zero-order chi connectivity index (χ0) is 14.0. The van der Waals surface area contributed by atoms with E-state index in [4.69, 9.17) is 0 Å². The first kappa shape index (κ1) is 14.9. The number of anilines is 1. The lowest BCUT2D eigenvalue weighted by molar-refractivity contribution is 0.601. The van der Waals surface area contributed by atoms with E-state index >= 15 is 0 Å². The summed E-state index contributed by atoms with van der Waals surface area (Å²) >= 11 is 9.52. The Morgan fingerprint density at radius 3 is 2.53 bits per heavy atom. The van der Waals surface area contributed by atoms with Gasteiger partial charge in [-0.25, -0.2) is 18.4 Å². The van der Waals surface area contributed by atoms with Gasteiger partial charge in [-0.3, -0.25) is 4.72 Å². The van der Waals surface area contributed by atoms with Crippen molar-refractivity contribution < 1.29 is 8.42 Å². The van der Waals surface area contributed by atoms with Gasteiger partial charge >= 0.3 is 0 Å². The summed E-state index contributed by atoms with van der Waals surface area (Å²) in [7, 11) is -3.70. The maximum absolute atomic E-state index is 12.2. The SMILES string of the molecule is O=S(=O)(Nc1ncc(Br)nc1Br)c1cccc(Br)c1. The Labute approximate surface area is 135 Å². The average Bonchev–Trinajstić information content (AvgIpc) is 2.33. The molecule has 0 saturated carbocycles. The summed E-state index contributed by atoms with van der Waals surface area (Å²) in [6, 6.07) is 6.38. The molecule has 19 heavy (non-hydrogen) atoms. The molecule has 0 atom stereocenters. The van der Waals surface area contributed by atoms with Crippen molar-refractivity contribution in [1.29, 1.82) is 0 Å². The Bertz CT molecular complexity index is 722. The van der Waals surface area contributed by atoms with Crippen LogP contribution in [0.1, 0.15) is 0 Å². The zero-order valence-electron chi connectivity index (χ0n) is 9.14. The van der Waals surface area contributed by atoms with Gasteiger partial charge in [-0.05, 0) is 50.1 Å². The van der Waals surface area contributed by atoms with Crippen LogP contribution in [0.25, 0.3) is 0 Å². The molecule has 2 rings (SSSR count). The van der Waals surface area contributed by atoms with Gasteiger partial charge in [0, 0.05) is 4.47 Å². The second-order valence-electron chi connectivity index (χ2n) is 3.40. The van der Waals surface area contributed by atoms with Gasteiger partial charge in [0.05, 0.1) is 11.1 Å². The largest absolute Gasteiger partial charge is 0.263 e. The molecule has 1 heterocycles. The van der Waals surface area contributed by atoms with Gasteiger partial charge in [-0.2, -0.15) is 0 Å². The van der Waals surface area contributed by atoms with Gasteiger partial charge in [0.1, 0.15) is 4.60 Å². The third-order valence-corrected chi connectivity index (χ3v) is 4.80. The van der Waals surface area contributed by atoms with Crippen molar-refractivity contribution in [3.05, 3.63) is 44.1 Å². The molecular weight excluding hydrogens is 466 g/mol. The van der Waals surface area contributed by atoms with Crippen LogP contribution in [-0.4, -0.2) is 18.4 Å². The molecule has 0 spiro atoms. The number of nitrogens with one attached hydrogen (secondary N) is 1. The average molecular weight is 472 g/mol. The lowest BCUT2D eigenvalue weighted by atomic mass is 10.4. The molecule has 1 aromatic carbocycles. The summed E-state index contributed by atoms with van der Waals surface area (Å²) in [5.74, 6) is 0.128. The van der Waals surface area contributed by atoms with Gasteiger partial charge in [0.25, 0.3) is 10.0 Å². The molecule has 9 heteroatoms. The van der Waals surface area contributed by atoms with Crippen LogP contribution >= 0.6 is 47.8 Å². The maximum Gasteiger partial charge on any atom is 0.263 e. The highest BCUT2D eigenvalue weighted by Crippen LogP contribution is 2.23. The quantitative estimate of drug-likeness (QED) is 0.743. The number of aromatic nitrogens is 2.